The van der Waals surface area contributed by atoms with E-state index in [4.69, 9.17) is 0 Å². The van der Waals surface area contributed by atoms with Crippen molar-refractivity contribution >= 4 is 22.8 Å². The summed E-state index contributed by atoms with van der Waals surface area (Å²) in [7, 11) is 0. The first-order chi connectivity index (χ1) is 15.0. The normalized spacial score (nSPS) is 17.8. The lowest BCUT2D eigenvalue weighted by atomic mass is 9.88. The highest BCUT2D eigenvalue weighted by Crippen LogP contribution is 2.35. The van der Waals surface area contributed by atoms with E-state index in [1.165, 1.54) is 38.9 Å². The Morgan fingerprint density at radius 2 is 2.03 bits per heavy atom. The number of carbonyl (C=O) groups excluding carboxylic acids is 1. The minimum Gasteiger partial charge on any atom is -0.354 e. The van der Waals surface area contributed by atoms with E-state index in [1.807, 2.05) is 6.08 Å². The number of carbonyl (C=O) groups is 1. The number of allylic oxidation sites excluding steroid dienone is 5. The molecule has 0 spiro atoms. The third-order valence-electron chi connectivity index (χ3n) is 7.03. The number of likely N-dealkylation sites (tertiary alicyclic amines) is 1. The maximum atomic E-state index is 10.8. The van der Waals surface area contributed by atoms with Crippen molar-refractivity contribution in [2.45, 2.75) is 59.3 Å². The summed E-state index contributed by atoms with van der Waals surface area (Å²) < 4.78 is 0. The van der Waals surface area contributed by atoms with Crippen molar-refractivity contribution < 1.29 is 4.79 Å². The number of aromatic amines is 1. The molecule has 0 amide bonds. The van der Waals surface area contributed by atoms with Crippen LogP contribution in [0.2, 0.25) is 0 Å². The topological polar surface area (TPSA) is 36.1 Å². The Labute approximate surface area is 187 Å². The zero-order valence-corrected chi connectivity index (χ0v) is 19.7. The Hall–Kier alpha value is -2.39. The van der Waals surface area contributed by atoms with Crippen LogP contribution in [0.4, 0.5) is 0 Å². The van der Waals surface area contributed by atoms with Gasteiger partial charge in [0.15, 0.2) is 0 Å². The van der Waals surface area contributed by atoms with Gasteiger partial charge in [-0.1, -0.05) is 57.2 Å². The summed E-state index contributed by atoms with van der Waals surface area (Å²) in [6.07, 6.45) is 11.7. The molecule has 0 bridgehead atoms. The molecule has 1 atom stereocenters. The average molecular weight is 419 g/mol. The number of hydrogen-bond donors (Lipinski definition) is 1. The molecule has 31 heavy (non-hydrogen) atoms. The van der Waals surface area contributed by atoms with Crippen LogP contribution in [-0.4, -0.2) is 35.8 Å². The molecule has 1 aliphatic heterocycles. The molecule has 0 radical (unpaired) electrons. The monoisotopic (exact) mass is 418 g/mol. The van der Waals surface area contributed by atoms with Gasteiger partial charge in [0.25, 0.3) is 0 Å². The Kier molecular flexibility index (Phi) is 8.09. The fraction of sp³-hybridized carbons (Fsp3) is 0.464. The molecule has 2 heterocycles. The SMILES string of the molecule is C=C/C=C(\C=C(\C)C(C)CC)c1[nH]c2ccc(C3CCN(CC=O)CC3)cc2c1CC. The van der Waals surface area contributed by atoms with Crippen LogP contribution in [0.3, 0.4) is 0 Å². The zero-order valence-electron chi connectivity index (χ0n) is 19.7. The molecule has 1 aliphatic rings. The first kappa shape index (κ1) is 23.3. The Bertz CT molecular complexity index is 970. The zero-order chi connectivity index (χ0) is 22.4. The van der Waals surface area contributed by atoms with Gasteiger partial charge in [-0.3, -0.25) is 4.90 Å². The number of benzene rings is 1. The summed E-state index contributed by atoms with van der Waals surface area (Å²) in [5.41, 5.74) is 7.86. The van der Waals surface area contributed by atoms with Crippen molar-refractivity contribution in [1.82, 2.24) is 9.88 Å². The average Bonchev–Trinajstić information content (AvgIpc) is 3.16. The molecule has 0 aliphatic carbocycles. The van der Waals surface area contributed by atoms with E-state index in [1.54, 1.807) is 0 Å². The Morgan fingerprint density at radius 3 is 2.65 bits per heavy atom. The third-order valence-corrected chi connectivity index (χ3v) is 7.03. The molecule has 1 N–H and O–H groups in total. The van der Waals surface area contributed by atoms with Gasteiger partial charge >= 0.3 is 0 Å². The number of aryl methyl sites for hydroxylation is 1. The lowest BCUT2D eigenvalue weighted by Gasteiger charge is -2.30. The van der Waals surface area contributed by atoms with Gasteiger partial charge in [-0.2, -0.15) is 0 Å². The van der Waals surface area contributed by atoms with Crippen molar-refractivity contribution in [2.24, 2.45) is 5.92 Å². The number of nitrogens with one attached hydrogen (secondary N) is 1. The number of fused-ring (bicyclic) bond motifs is 1. The fourth-order valence-electron chi connectivity index (χ4n) is 4.73. The minimum absolute atomic E-state index is 0.564. The van der Waals surface area contributed by atoms with Crippen molar-refractivity contribution in [2.75, 3.05) is 19.6 Å². The Balaban J connectivity index is 1.96. The quantitative estimate of drug-likeness (QED) is 0.365. The molecule has 166 valence electrons. The molecule has 3 nitrogen and oxygen atoms in total. The lowest BCUT2D eigenvalue weighted by molar-refractivity contribution is -0.109. The van der Waals surface area contributed by atoms with Gasteiger partial charge in [0, 0.05) is 16.6 Å². The summed E-state index contributed by atoms with van der Waals surface area (Å²) in [5, 5.41) is 1.34. The van der Waals surface area contributed by atoms with E-state index in [0.717, 1.165) is 45.1 Å². The van der Waals surface area contributed by atoms with Crippen LogP contribution >= 0.6 is 0 Å². The highest BCUT2D eigenvalue weighted by atomic mass is 16.1. The van der Waals surface area contributed by atoms with E-state index in [2.05, 4.69) is 74.5 Å². The molecule has 1 fully saturated rings. The van der Waals surface area contributed by atoms with Gasteiger partial charge in [-0.05, 0) is 86.4 Å². The molecular formula is C28H38N2O. The molecule has 1 unspecified atom stereocenters. The summed E-state index contributed by atoms with van der Waals surface area (Å²) in [6, 6.07) is 6.95. The largest absolute Gasteiger partial charge is 0.354 e. The van der Waals surface area contributed by atoms with Gasteiger partial charge in [-0.25, -0.2) is 0 Å². The number of aldehydes is 1. The second-order valence-corrected chi connectivity index (χ2v) is 8.93. The Morgan fingerprint density at radius 1 is 1.29 bits per heavy atom. The fourth-order valence-corrected chi connectivity index (χ4v) is 4.73. The first-order valence-corrected chi connectivity index (χ1v) is 11.8. The maximum absolute atomic E-state index is 10.8. The molecule has 3 heteroatoms. The van der Waals surface area contributed by atoms with E-state index < -0.39 is 0 Å². The van der Waals surface area contributed by atoms with Crippen LogP contribution in [0, 0.1) is 5.92 Å². The second kappa shape index (κ2) is 10.8. The summed E-state index contributed by atoms with van der Waals surface area (Å²) >= 11 is 0. The van der Waals surface area contributed by atoms with Gasteiger partial charge in [0.1, 0.15) is 6.29 Å². The summed E-state index contributed by atoms with van der Waals surface area (Å²) in [6.45, 7) is 15.5. The van der Waals surface area contributed by atoms with E-state index in [9.17, 15) is 4.79 Å². The number of hydrogen-bond acceptors (Lipinski definition) is 2. The molecule has 2 aromatic rings. The highest BCUT2D eigenvalue weighted by molar-refractivity contribution is 5.92. The number of aromatic nitrogens is 1. The number of nitrogens with zero attached hydrogens (tertiary/aromatic N) is 1. The smallest absolute Gasteiger partial charge is 0.133 e. The van der Waals surface area contributed by atoms with Crippen LogP contribution < -0.4 is 0 Å². The van der Waals surface area contributed by atoms with Crippen LogP contribution in [0.1, 0.15) is 69.7 Å². The van der Waals surface area contributed by atoms with Crippen LogP contribution in [0.15, 0.2) is 48.6 Å². The molecule has 3 rings (SSSR count). The van der Waals surface area contributed by atoms with Crippen molar-refractivity contribution in [3.05, 3.63) is 65.4 Å². The first-order valence-electron chi connectivity index (χ1n) is 11.8. The van der Waals surface area contributed by atoms with E-state index in [-0.39, 0.29) is 0 Å². The summed E-state index contributed by atoms with van der Waals surface area (Å²) in [5.74, 6) is 1.14. The van der Waals surface area contributed by atoms with Gasteiger partial charge < -0.3 is 9.78 Å². The van der Waals surface area contributed by atoms with Crippen LogP contribution in [0.25, 0.3) is 16.5 Å². The predicted molar refractivity (Wildman–Crippen MR) is 134 cm³/mol. The predicted octanol–water partition coefficient (Wildman–Crippen LogP) is 6.67. The van der Waals surface area contributed by atoms with Crippen molar-refractivity contribution in [1.29, 1.82) is 0 Å². The second-order valence-electron chi connectivity index (χ2n) is 8.93. The minimum atomic E-state index is 0.564. The lowest BCUT2D eigenvalue weighted by Crippen LogP contribution is -2.34. The van der Waals surface area contributed by atoms with E-state index >= 15 is 0 Å². The van der Waals surface area contributed by atoms with Crippen LogP contribution in [0.5, 0.6) is 0 Å². The molecular weight excluding hydrogens is 380 g/mol. The number of piperidine rings is 1. The highest BCUT2D eigenvalue weighted by Gasteiger charge is 2.21. The third kappa shape index (κ3) is 5.27. The standard InChI is InChI=1S/C28H38N2O/c1-6-9-24(18-21(5)20(4)7-2)28-25(8-3)26-19-23(10-11-27(26)29-28)22-12-14-30(15-13-22)16-17-31/h6,9-11,17-20,22,29H,1,7-8,12-16H2,2-5H3/b21-18-,24-9+. The molecule has 0 saturated carbocycles. The van der Waals surface area contributed by atoms with Crippen LogP contribution in [-0.2, 0) is 11.2 Å². The van der Waals surface area contributed by atoms with Gasteiger partial charge in [0.05, 0.1) is 6.54 Å². The van der Waals surface area contributed by atoms with Gasteiger partial charge in [0.2, 0.25) is 0 Å². The molecule has 1 aromatic carbocycles. The van der Waals surface area contributed by atoms with E-state index in [0.29, 0.717) is 18.4 Å². The molecule has 1 aromatic heterocycles. The van der Waals surface area contributed by atoms with Crippen molar-refractivity contribution in [3.63, 3.8) is 0 Å². The van der Waals surface area contributed by atoms with Gasteiger partial charge in [-0.15, -0.1) is 0 Å². The summed E-state index contributed by atoms with van der Waals surface area (Å²) in [4.78, 5) is 16.8. The number of rotatable bonds is 9. The number of H-pyrrole nitrogens is 1. The van der Waals surface area contributed by atoms with Crippen molar-refractivity contribution in [3.8, 4) is 0 Å². The maximum Gasteiger partial charge on any atom is 0.133 e. The molecule has 1 saturated heterocycles.